The molecule has 2 aliphatic rings. The first-order valence-electron chi connectivity index (χ1n) is 5.03. The lowest BCUT2D eigenvalue weighted by atomic mass is 10.1. The second-order valence-electron chi connectivity index (χ2n) is 4.01. The average molecular weight is 273 g/mol. The molecule has 0 aliphatic carbocycles. The Balaban J connectivity index is 1.97. The van der Waals surface area contributed by atoms with Gasteiger partial charge in [-0.25, -0.2) is 0 Å². The first-order valence-corrected chi connectivity index (χ1v) is 5.82. The van der Waals surface area contributed by atoms with Crippen molar-refractivity contribution in [3.8, 4) is 10.8 Å². The maximum atomic E-state index is 11.5. The zero-order chi connectivity index (χ0) is 10.8. The zero-order valence-corrected chi connectivity index (χ0v) is 9.90. The fraction of sp³-hybridized carbons (Fsp3) is 0.700. The highest BCUT2D eigenvalue weighted by Gasteiger charge is 2.36. The smallest absolute Gasteiger partial charge is 0.299 e. The summed E-state index contributed by atoms with van der Waals surface area (Å²) in [4.78, 5) is 18.0. The van der Waals surface area contributed by atoms with E-state index >= 15 is 0 Å². The van der Waals surface area contributed by atoms with Crippen LogP contribution in [0.4, 0.5) is 0 Å². The SMILES string of the molecule is O=C(C#CBr)N1CCN2CC(O)CC2C1. The van der Waals surface area contributed by atoms with Crippen molar-refractivity contribution >= 4 is 21.8 Å². The lowest BCUT2D eigenvalue weighted by Crippen LogP contribution is -2.51. The van der Waals surface area contributed by atoms with Crippen molar-refractivity contribution in [2.75, 3.05) is 26.2 Å². The molecule has 5 heteroatoms. The first kappa shape index (κ1) is 10.9. The number of halogens is 1. The van der Waals surface area contributed by atoms with Gasteiger partial charge >= 0.3 is 0 Å². The molecule has 2 saturated heterocycles. The number of carbonyl (C=O) groups is 1. The van der Waals surface area contributed by atoms with E-state index in [0.29, 0.717) is 19.1 Å². The predicted molar refractivity (Wildman–Crippen MR) is 59.3 cm³/mol. The maximum absolute atomic E-state index is 11.5. The van der Waals surface area contributed by atoms with Crippen molar-refractivity contribution in [3.63, 3.8) is 0 Å². The molecule has 2 rings (SSSR count). The fourth-order valence-corrected chi connectivity index (χ4v) is 2.49. The number of piperazine rings is 1. The Morgan fingerprint density at radius 1 is 1.40 bits per heavy atom. The molecule has 2 atom stereocenters. The highest BCUT2D eigenvalue weighted by Crippen LogP contribution is 2.21. The minimum atomic E-state index is -0.229. The summed E-state index contributed by atoms with van der Waals surface area (Å²) in [6.45, 7) is 3.00. The van der Waals surface area contributed by atoms with E-state index in [4.69, 9.17) is 0 Å². The van der Waals surface area contributed by atoms with Gasteiger partial charge in [-0.1, -0.05) is 0 Å². The van der Waals surface area contributed by atoms with Gasteiger partial charge in [0, 0.05) is 54.1 Å². The van der Waals surface area contributed by atoms with Gasteiger partial charge in [0.05, 0.1) is 6.10 Å². The Morgan fingerprint density at radius 2 is 2.20 bits per heavy atom. The number of aliphatic hydroxyl groups is 1. The Kier molecular flexibility index (Phi) is 3.29. The summed E-state index contributed by atoms with van der Waals surface area (Å²) in [5, 5.41) is 9.51. The monoisotopic (exact) mass is 272 g/mol. The number of rotatable bonds is 0. The van der Waals surface area contributed by atoms with Crippen LogP contribution in [0.15, 0.2) is 0 Å². The van der Waals surface area contributed by atoms with Crippen molar-refractivity contribution in [1.82, 2.24) is 9.80 Å². The topological polar surface area (TPSA) is 43.8 Å². The molecule has 1 amide bonds. The van der Waals surface area contributed by atoms with E-state index in [1.165, 1.54) is 0 Å². The predicted octanol–water partition coefficient (Wildman–Crippen LogP) is -0.380. The van der Waals surface area contributed by atoms with E-state index in [1.807, 2.05) is 0 Å². The minimum Gasteiger partial charge on any atom is -0.392 e. The molecular weight excluding hydrogens is 260 g/mol. The van der Waals surface area contributed by atoms with Crippen molar-refractivity contribution in [3.05, 3.63) is 0 Å². The number of carbonyl (C=O) groups excluding carboxylic acids is 1. The van der Waals surface area contributed by atoms with E-state index in [9.17, 15) is 9.90 Å². The van der Waals surface area contributed by atoms with Gasteiger partial charge in [-0.15, -0.1) is 0 Å². The summed E-state index contributed by atoms with van der Waals surface area (Å²) < 4.78 is 0. The Hall–Kier alpha value is -0.570. The van der Waals surface area contributed by atoms with Crippen molar-refractivity contribution in [2.24, 2.45) is 0 Å². The fourth-order valence-electron chi connectivity index (χ4n) is 2.32. The van der Waals surface area contributed by atoms with Crippen molar-refractivity contribution in [2.45, 2.75) is 18.6 Å². The molecule has 4 nitrogen and oxygen atoms in total. The van der Waals surface area contributed by atoms with E-state index in [0.717, 1.165) is 19.5 Å². The molecular formula is C10H13BrN2O2. The lowest BCUT2D eigenvalue weighted by Gasteiger charge is -2.36. The Labute approximate surface area is 97.4 Å². The summed E-state index contributed by atoms with van der Waals surface area (Å²) in [5.74, 6) is 2.35. The molecule has 0 bridgehead atoms. The second-order valence-corrected chi connectivity index (χ2v) is 4.41. The van der Waals surface area contributed by atoms with Gasteiger partial charge < -0.3 is 10.0 Å². The molecule has 0 aromatic rings. The van der Waals surface area contributed by atoms with Gasteiger partial charge in [-0.3, -0.25) is 9.69 Å². The lowest BCUT2D eigenvalue weighted by molar-refractivity contribution is -0.127. The van der Waals surface area contributed by atoms with Gasteiger partial charge in [0.1, 0.15) is 0 Å². The van der Waals surface area contributed by atoms with Crippen LogP contribution in [0.3, 0.4) is 0 Å². The second kappa shape index (κ2) is 4.52. The summed E-state index contributed by atoms with van der Waals surface area (Å²) in [7, 11) is 0. The van der Waals surface area contributed by atoms with Crippen LogP contribution in [0, 0.1) is 10.8 Å². The summed E-state index contributed by atoms with van der Waals surface area (Å²) in [5.41, 5.74) is 0. The Morgan fingerprint density at radius 3 is 2.93 bits per heavy atom. The minimum absolute atomic E-state index is 0.132. The van der Waals surface area contributed by atoms with Crippen LogP contribution in [-0.2, 0) is 4.79 Å². The molecule has 2 unspecified atom stereocenters. The molecule has 2 fully saturated rings. The summed E-state index contributed by atoms with van der Waals surface area (Å²) in [6.07, 6.45) is 0.540. The van der Waals surface area contributed by atoms with E-state index < -0.39 is 0 Å². The normalized spacial score (nSPS) is 30.7. The third kappa shape index (κ3) is 2.33. The molecule has 1 N–H and O–H groups in total. The van der Waals surface area contributed by atoms with Crippen LogP contribution in [-0.4, -0.2) is 59.1 Å². The molecule has 82 valence electrons. The zero-order valence-electron chi connectivity index (χ0n) is 8.32. The Bertz CT molecular complexity index is 323. The van der Waals surface area contributed by atoms with Crippen LogP contribution in [0.1, 0.15) is 6.42 Å². The maximum Gasteiger partial charge on any atom is 0.299 e. The molecule has 2 aliphatic heterocycles. The molecule has 0 saturated carbocycles. The third-order valence-electron chi connectivity index (χ3n) is 3.04. The third-order valence-corrected chi connectivity index (χ3v) is 3.23. The first-order chi connectivity index (χ1) is 7.20. The average Bonchev–Trinajstić information content (AvgIpc) is 2.57. The van der Waals surface area contributed by atoms with E-state index in [1.54, 1.807) is 4.90 Å². The van der Waals surface area contributed by atoms with Crippen molar-refractivity contribution in [1.29, 1.82) is 0 Å². The number of hydrogen-bond acceptors (Lipinski definition) is 3. The van der Waals surface area contributed by atoms with Gasteiger partial charge in [-0.2, -0.15) is 0 Å². The van der Waals surface area contributed by atoms with Crippen molar-refractivity contribution < 1.29 is 9.90 Å². The molecule has 15 heavy (non-hydrogen) atoms. The van der Waals surface area contributed by atoms with Crippen LogP contribution in [0.2, 0.25) is 0 Å². The highest BCUT2D eigenvalue weighted by atomic mass is 79.9. The largest absolute Gasteiger partial charge is 0.392 e. The quantitative estimate of drug-likeness (QED) is 0.612. The van der Waals surface area contributed by atoms with Crippen LogP contribution in [0.25, 0.3) is 0 Å². The number of amides is 1. The number of aliphatic hydroxyl groups excluding tert-OH is 1. The number of nitrogens with zero attached hydrogens (tertiary/aromatic N) is 2. The standard InChI is InChI=1S/C10H13BrN2O2/c11-2-1-10(15)13-4-3-12-7-9(14)5-8(12)6-13/h8-9,14H,3-7H2. The van der Waals surface area contributed by atoms with Crippen LogP contribution >= 0.6 is 15.9 Å². The summed E-state index contributed by atoms with van der Waals surface area (Å²) >= 11 is 2.92. The van der Waals surface area contributed by atoms with E-state index in [-0.39, 0.29) is 12.0 Å². The summed E-state index contributed by atoms with van der Waals surface area (Å²) in [6, 6.07) is 0.315. The number of fused-ring (bicyclic) bond motifs is 1. The molecule has 0 aromatic heterocycles. The van der Waals surface area contributed by atoms with Gasteiger partial charge in [0.25, 0.3) is 5.91 Å². The van der Waals surface area contributed by atoms with Gasteiger partial charge in [0.2, 0.25) is 0 Å². The van der Waals surface area contributed by atoms with Crippen LogP contribution in [0.5, 0.6) is 0 Å². The highest BCUT2D eigenvalue weighted by molar-refractivity contribution is 9.12. The van der Waals surface area contributed by atoms with Gasteiger partial charge in [-0.05, 0) is 11.3 Å². The molecule has 2 heterocycles. The van der Waals surface area contributed by atoms with Crippen LogP contribution < -0.4 is 0 Å². The number of hydrogen-bond donors (Lipinski definition) is 1. The van der Waals surface area contributed by atoms with E-state index in [2.05, 4.69) is 31.6 Å². The molecule has 0 radical (unpaired) electrons. The molecule has 0 aromatic carbocycles. The van der Waals surface area contributed by atoms with Gasteiger partial charge in [0.15, 0.2) is 0 Å². The molecule has 0 spiro atoms.